The van der Waals surface area contributed by atoms with Crippen molar-refractivity contribution in [3.63, 3.8) is 0 Å². The first kappa shape index (κ1) is 19.6. The molecule has 2 aromatic carbocycles. The molecule has 0 bridgehead atoms. The van der Waals surface area contributed by atoms with E-state index in [1.165, 1.54) is 0 Å². The number of hydrogen-bond donors (Lipinski definition) is 1. The van der Waals surface area contributed by atoms with Gasteiger partial charge >= 0.3 is 0 Å². The zero-order chi connectivity index (χ0) is 18.9. The summed E-state index contributed by atoms with van der Waals surface area (Å²) in [5, 5.41) is 2.95. The maximum atomic E-state index is 12.5. The third-order valence-corrected chi connectivity index (χ3v) is 3.97. The van der Waals surface area contributed by atoms with Crippen molar-refractivity contribution in [2.45, 2.75) is 39.3 Å². The van der Waals surface area contributed by atoms with E-state index >= 15 is 0 Å². The highest BCUT2D eigenvalue weighted by Crippen LogP contribution is 2.19. The maximum Gasteiger partial charge on any atom is 0.261 e. The maximum absolute atomic E-state index is 12.5. The third kappa shape index (κ3) is 5.69. The average molecular weight is 357 g/mol. The van der Waals surface area contributed by atoms with Crippen LogP contribution in [0.1, 0.15) is 25.8 Å². The second kappa shape index (κ2) is 9.70. The van der Waals surface area contributed by atoms with Crippen LogP contribution in [0.25, 0.3) is 0 Å². The van der Waals surface area contributed by atoms with Gasteiger partial charge < -0.3 is 19.5 Å². The Labute approximate surface area is 155 Å². The van der Waals surface area contributed by atoms with Gasteiger partial charge in [-0.2, -0.15) is 0 Å². The second-order valence-corrected chi connectivity index (χ2v) is 6.18. The number of aryl methyl sites for hydroxylation is 1. The van der Waals surface area contributed by atoms with Gasteiger partial charge in [0.25, 0.3) is 5.91 Å². The number of carbonyl (C=O) groups is 1. The summed E-state index contributed by atoms with van der Waals surface area (Å²) in [6, 6.07) is 14.9. The van der Waals surface area contributed by atoms with Crippen LogP contribution in [0.15, 0.2) is 48.5 Å². The summed E-state index contributed by atoms with van der Waals surface area (Å²) in [6.45, 7) is 6.17. The molecule has 2 aromatic rings. The summed E-state index contributed by atoms with van der Waals surface area (Å²) >= 11 is 0. The Kier molecular flexibility index (Phi) is 7.33. The predicted molar refractivity (Wildman–Crippen MR) is 102 cm³/mol. The van der Waals surface area contributed by atoms with Gasteiger partial charge in [-0.1, -0.05) is 25.1 Å². The van der Waals surface area contributed by atoms with E-state index < -0.39 is 6.10 Å². The van der Waals surface area contributed by atoms with Crippen molar-refractivity contribution in [2.24, 2.45) is 0 Å². The molecule has 0 aliphatic heterocycles. The minimum atomic E-state index is -0.528. The zero-order valence-electron chi connectivity index (χ0n) is 15.8. The number of rotatable bonds is 9. The molecule has 0 aliphatic rings. The molecule has 0 spiro atoms. The molecule has 5 heteroatoms. The van der Waals surface area contributed by atoms with Crippen LogP contribution in [0.5, 0.6) is 17.2 Å². The molecule has 1 N–H and O–H groups in total. The molecule has 140 valence electrons. The summed E-state index contributed by atoms with van der Waals surface area (Å²) in [7, 11) is 1.62. The number of hydrogen-bond acceptors (Lipinski definition) is 4. The highest BCUT2D eigenvalue weighted by atomic mass is 16.5. The Morgan fingerprint density at radius 1 is 1.08 bits per heavy atom. The van der Waals surface area contributed by atoms with Crippen molar-refractivity contribution >= 4 is 5.91 Å². The van der Waals surface area contributed by atoms with E-state index in [1.807, 2.05) is 69.3 Å². The van der Waals surface area contributed by atoms with Crippen LogP contribution in [0.2, 0.25) is 0 Å². The minimum Gasteiger partial charge on any atom is -0.497 e. The van der Waals surface area contributed by atoms with Gasteiger partial charge in [-0.05, 0) is 56.2 Å². The average Bonchev–Trinajstić information content (AvgIpc) is 2.66. The lowest BCUT2D eigenvalue weighted by atomic mass is 10.2. The van der Waals surface area contributed by atoms with Gasteiger partial charge in [-0.15, -0.1) is 0 Å². The Bertz CT molecular complexity index is 699. The summed E-state index contributed by atoms with van der Waals surface area (Å²) < 4.78 is 16.7. The Hall–Kier alpha value is -2.69. The van der Waals surface area contributed by atoms with Crippen LogP contribution in [0.4, 0.5) is 0 Å². The molecule has 0 aromatic heterocycles. The van der Waals surface area contributed by atoms with Gasteiger partial charge in [0.2, 0.25) is 0 Å². The van der Waals surface area contributed by atoms with Crippen molar-refractivity contribution in [3.8, 4) is 17.2 Å². The quantitative estimate of drug-likeness (QED) is 0.743. The van der Waals surface area contributed by atoms with Gasteiger partial charge in [0, 0.05) is 0 Å². The first-order valence-corrected chi connectivity index (χ1v) is 8.83. The summed E-state index contributed by atoms with van der Waals surface area (Å²) in [5.74, 6) is 2.10. The molecule has 26 heavy (non-hydrogen) atoms. The lowest BCUT2D eigenvalue weighted by Gasteiger charge is -2.21. The first-order valence-electron chi connectivity index (χ1n) is 8.83. The molecular weight excluding hydrogens is 330 g/mol. The Balaban J connectivity index is 1.84. The molecular formula is C21H27NO4. The molecule has 0 heterocycles. The first-order chi connectivity index (χ1) is 12.5. The summed E-state index contributed by atoms with van der Waals surface area (Å²) in [5.41, 5.74) is 1.01. The summed E-state index contributed by atoms with van der Waals surface area (Å²) in [4.78, 5) is 12.5. The number of carbonyl (C=O) groups excluding carboxylic acids is 1. The number of nitrogens with one attached hydrogen (secondary N) is 1. The zero-order valence-corrected chi connectivity index (χ0v) is 15.8. The van der Waals surface area contributed by atoms with E-state index in [-0.39, 0.29) is 11.9 Å². The molecule has 0 saturated carbocycles. The fraction of sp³-hybridized carbons (Fsp3) is 0.381. The minimum absolute atomic E-state index is 0.137. The molecule has 0 radical (unpaired) electrons. The van der Waals surface area contributed by atoms with Crippen LogP contribution in [-0.4, -0.2) is 31.8 Å². The van der Waals surface area contributed by atoms with Gasteiger partial charge in [-0.3, -0.25) is 4.79 Å². The number of ether oxygens (including phenoxy) is 3. The Morgan fingerprint density at radius 2 is 1.73 bits per heavy atom. The molecule has 2 atom stereocenters. The Morgan fingerprint density at radius 3 is 2.35 bits per heavy atom. The molecule has 5 nitrogen and oxygen atoms in total. The highest BCUT2D eigenvalue weighted by Gasteiger charge is 2.20. The van der Waals surface area contributed by atoms with Crippen molar-refractivity contribution in [2.75, 3.05) is 13.7 Å². The predicted octanol–water partition coefficient (Wildman–Crippen LogP) is 3.74. The number of methoxy groups -OCH3 is 1. The van der Waals surface area contributed by atoms with Gasteiger partial charge in [0.05, 0.1) is 13.2 Å². The van der Waals surface area contributed by atoms with Gasteiger partial charge in [-0.25, -0.2) is 0 Å². The second-order valence-electron chi connectivity index (χ2n) is 6.18. The van der Waals surface area contributed by atoms with Crippen LogP contribution in [0.3, 0.4) is 0 Å². The lowest BCUT2D eigenvalue weighted by molar-refractivity contribution is -0.129. The van der Waals surface area contributed by atoms with E-state index in [2.05, 4.69) is 5.32 Å². The van der Waals surface area contributed by atoms with E-state index in [4.69, 9.17) is 14.2 Å². The van der Waals surface area contributed by atoms with E-state index in [9.17, 15) is 4.79 Å². The standard InChI is InChI=1S/C21H27NO4/c1-5-19(26-20-9-7-6-8-15(20)2)21(23)22-16(3)14-25-18-12-10-17(24-4)11-13-18/h6-13,16,19H,5,14H2,1-4H3,(H,22,23)/t16-,19+/m1/s1. The third-order valence-electron chi connectivity index (χ3n) is 3.97. The van der Waals surface area contributed by atoms with Crippen molar-refractivity contribution in [1.29, 1.82) is 0 Å². The normalized spacial score (nSPS) is 12.8. The SMILES string of the molecule is CC[C@H](Oc1ccccc1C)C(=O)N[C@H](C)COc1ccc(OC)cc1. The molecule has 0 unspecified atom stereocenters. The topological polar surface area (TPSA) is 56.8 Å². The van der Waals surface area contributed by atoms with Gasteiger partial charge in [0.1, 0.15) is 23.9 Å². The van der Waals surface area contributed by atoms with E-state index in [1.54, 1.807) is 7.11 Å². The molecule has 0 fully saturated rings. The molecule has 1 amide bonds. The molecule has 2 rings (SSSR count). The lowest BCUT2D eigenvalue weighted by Crippen LogP contribution is -2.44. The fourth-order valence-electron chi connectivity index (χ4n) is 2.43. The fourth-order valence-corrected chi connectivity index (χ4v) is 2.43. The van der Waals surface area contributed by atoms with Crippen molar-refractivity contribution in [3.05, 3.63) is 54.1 Å². The molecule has 0 saturated heterocycles. The number of para-hydroxylation sites is 1. The smallest absolute Gasteiger partial charge is 0.261 e. The van der Waals surface area contributed by atoms with E-state index in [0.717, 1.165) is 22.8 Å². The van der Waals surface area contributed by atoms with Crippen molar-refractivity contribution < 1.29 is 19.0 Å². The van der Waals surface area contributed by atoms with Crippen LogP contribution in [0, 0.1) is 6.92 Å². The van der Waals surface area contributed by atoms with Crippen molar-refractivity contribution in [1.82, 2.24) is 5.32 Å². The van der Waals surface area contributed by atoms with Crippen LogP contribution < -0.4 is 19.5 Å². The number of amides is 1. The van der Waals surface area contributed by atoms with E-state index in [0.29, 0.717) is 13.0 Å². The van der Waals surface area contributed by atoms with Crippen LogP contribution >= 0.6 is 0 Å². The number of benzene rings is 2. The largest absolute Gasteiger partial charge is 0.497 e. The monoisotopic (exact) mass is 357 g/mol. The molecule has 0 aliphatic carbocycles. The van der Waals surface area contributed by atoms with Gasteiger partial charge in [0.15, 0.2) is 6.10 Å². The van der Waals surface area contributed by atoms with Crippen LogP contribution in [-0.2, 0) is 4.79 Å². The summed E-state index contributed by atoms with van der Waals surface area (Å²) in [6.07, 6.45) is 0.0613. The highest BCUT2D eigenvalue weighted by molar-refractivity contribution is 5.81.